The van der Waals surface area contributed by atoms with Gasteiger partial charge in [-0.1, -0.05) is 70.4 Å². The lowest BCUT2D eigenvalue weighted by molar-refractivity contribution is -0.165. The average molecular weight is 612 g/mol. The minimum Gasteiger partial charge on any atom is -0.458 e. The lowest BCUT2D eigenvalue weighted by Gasteiger charge is -2.27. The van der Waals surface area contributed by atoms with E-state index in [1.165, 1.54) is 19.3 Å². The quantitative estimate of drug-likeness (QED) is 0.0688. The predicted molar refractivity (Wildman–Crippen MR) is 168 cm³/mol. The molecule has 0 spiro atoms. The number of ether oxygens (including phenoxy) is 4. The Bertz CT molecular complexity index is 888. The second-order valence-electron chi connectivity index (χ2n) is 12.7. The van der Waals surface area contributed by atoms with Gasteiger partial charge in [-0.15, -0.1) is 5.10 Å². The Labute approximate surface area is 260 Å². The molecule has 0 aliphatic rings. The first-order valence-corrected chi connectivity index (χ1v) is 16.5. The highest BCUT2D eigenvalue weighted by atomic mass is 16.6. The first kappa shape index (κ1) is 39.1. The molecule has 0 radical (unpaired) electrons. The van der Waals surface area contributed by atoms with E-state index in [1.54, 1.807) is 31.8 Å². The number of aromatic nitrogens is 3. The maximum atomic E-state index is 12.9. The van der Waals surface area contributed by atoms with Crippen LogP contribution in [-0.2, 0) is 41.5 Å². The zero-order valence-electron chi connectivity index (χ0n) is 28.2. The van der Waals surface area contributed by atoms with Crippen LogP contribution in [-0.4, -0.2) is 75.8 Å². The van der Waals surface area contributed by atoms with Gasteiger partial charge in [0.1, 0.15) is 11.7 Å². The van der Waals surface area contributed by atoms with Crippen molar-refractivity contribution in [2.45, 2.75) is 168 Å². The van der Waals surface area contributed by atoms with Gasteiger partial charge in [-0.2, -0.15) is 0 Å². The standard InChI is InChI=1S/C33H61N3O7/c1-8-10-12-14-16-18-30(38)41-26-28(43-31(39)19-17-15-13-11-9-2)25-36-24-27(34-35-36)20-21-29(37)33(5,6)42-23-22-32(3,4)40-7/h24,28,30,38H,8-23,25-26H2,1-7H3. The van der Waals surface area contributed by atoms with Crippen LogP contribution in [0.4, 0.5) is 0 Å². The van der Waals surface area contributed by atoms with Crippen molar-refractivity contribution in [2.75, 3.05) is 20.3 Å². The minimum atomic E-state index is -0.913. The Kier molecular flexibility index (Phi) is 19.8. The maximum Gasteiger partial charge on any atom is 0.306 e. The number of nitrogens with zero attached hydrogens (tertiary/aromatic N) is 3. The normalized spacial score (nSPS) is 13.7. The number of esters is 1. The molecule has 0 fully saturated rings. The van der Waals surface area contributed by atoms with Gasteiger partial charge in [0.25, 0.3) is 0 Å². The van der Waals surface area contributed by atoms with E-state index < -0.39 is 18.0 Å². The van der Waals surface area contributed by atoms with Gasteiger partial charge in [0.2, 0.25) is 0 Å². The van der Waals surface area contributed by atoms with Crippen molar-refractivity contribution in [1.29, 1.82) is 0 Å². The number of carbonyl (C=O) groups is 2. The average Bonchev–Trinajstić information content (AvgIpc) is 3.41. The van der Waals surface area contributed by atoms with E-state index in [-0.39, 0.29) is 36.9 Å². The molecule has 1 N–H and O–H groups in total. The van der Waals surface area contributed by atoms with Gasteiger partial charge in [0.05, 0.1) is 31.1 Å². The van der Waals surface area contributed by atoms with Gasteiger partial charge in [-0.05, 0) is 53.4 Å². The van der Waals surface area contributed by atoms with E-state index in [2.05, 4.69) is 24.2 Å². The second-order valence-corrected chi connectivity index (χ2v) is 12.7. The summed E-state index contributed by atoms with van der Waals surface area (Å²) in [5.74, 6) is -0.290. The summed E-state index contributed by atoms with van der Waals surface area (Å²) in [4.78, 5) is 25.5. The fourth-order valence-electron chi connectivity index (χ4n) is 4.49. The summed E-state index contributed by atoms with van der Waals surface area (Å²) in [5.41, 5.74) is -0.557. The van der Waals surface area contributed by atoms with Crippen molar-refractivity contribution in [1.82, 2.24) is 15.0 Å². The highest BCUT2D eigenvalue weighted by molar-refractivity contribution is 5.86. The van der Waals surface area contributed by atoms with Crippen LogP contribution in [0.3, 0.4) is 0 Å². The Morgan fingerprint density at radius 3 is 2.26 bits per heavy atom. The highest BCUT2D eigenvalue weighted by Crippen LogP contribution is 2.19. The SMILES string of the molecule is CCCCCCCC(=O)OC(COC(O)CCCCCCC)Cn1cc(CCC(=O)C(C)(C)OCCC(C)(C)OC)nn1. The number of carbonyl (C=O) groups excluding carboxylic acids is 2. The number of aryl methyl sites for hydroxylation is 1. The van der Waals surface area contributed by atoms with E-state index >= 15 is 0 Å². The number of rotatable bonds is 27. The predicted octanol–water partition coefficient (Wildman–Crippen LogP) is 6.36. The number of hydrogen-bond acceptors (Lipinski definition) is 9. The highest BCUT2D eigenvalue weighted by Gasteiger charge is 2.29. The summed E-state index contributed by atoms with van der Waals surface area (Å²) in [5, 5.41) is 18.7. The van der Waals surface area contributed by atoms with Crippen molar-refractivity contribution in [3.8, 4) is 0 Å². The number of methoxy groups -OCH3 is 1. The molecule has 10 nitrogen and oxygen atoms in total. The molecule has 10 heteroatoms. The summed E-state index contributed by atoms with van der Waals surface area (Å²) in [7, 11) is 1.66. The summed E-state index contributed by atoms with van der Waals surface area (Å²) in [6.07, 6.45) is 13.2. The molecule has 1 heterocycles. The van der Waals surface area contributed by atoms with E-state index in [1.807, 2.05) is 13.8 Å². The van der Waals surface area contributed by atoms with E-state index in [0.717, 1.165) is 44.9 Å². The first-order valence-electron chi connectivity index (χ1n) is 16.5. The summed E-state index contributed by atoms with van der Waals surface area (Å²) in [6.45, 7) is 12.6. The fourth-order valence-corrected chi connectivity index (χ4v) is 4.49. The van der Waals surface area contributed by atoms with Crippen LogP contribution in [0.2, 0.25) is 0 Å². The monoisotopic (exact) mass is 611 g/mol. The van der Waals surface area contributed by atoms with E-state index in [0.29, 0.717) is 38.0 Å². The lowest BCUT2D eigenvalue weighted by Crippen LogP contribution is -2.37. The second kappa shape index (κ2) is 21.8. The molecule has 1 rings (SSSR count). The van der Waals surface area contributed by atoms with E-state index in [9.17, 15) is 14.7 Å². The number of hydrogen-bond donors (Lipinski definition) is 1. The maximum absolute atomic E-state index is 12.9. The molecule has 250 valence electrons. The Balaban J connectivity index is 2.65. The van der Waals surface area contributed by atoms with Crippen molar-refractivity contribution in [3.05, 3.63) is 11.9 Å². The van der Waals surface area contributed by atoms with Crippen LogP contribution >= 0.6 is 0 Å². The fraction of sp³-hybridized carbons (Fsp3) is 0.879. The third-order valence-corrected chi connectivity index (χ3v) is 7.79. The molecule has 0 amide bonds. The Hall–Kier alpha value is -1.88. The Morgan fingerprint density at radius 2 is 1.60 bits per heavy atom. The Morgan fingerprint density at radius 1 is 0.953 bits per heavy atom. The van der Waals surface area contributed by atoms with Gasteiger partial charge in [-0.3, -0.25) is 9.59 Å². The molecule has 0 aliphatic carbocycles. The van der Waals surface area contributed by atoms with Gasteiger partial charge in [0.15, 0.2) is 12.1 Å². The zero-order valence-corrected chi connectivity index (χ0v) is 28.2. The number of unbranched alkanes of at least 4 members (excludes halogenated alkanes) is 8. The molecule has 0 aromatic carbocycles. The summed E-state index contributed by atoms with van der Waals surface area (Å²) < 4.78 is 24.3. The third-order valence-electron chi connectivity index (χ3n) is 7.79. The molecule has 0 bridgehead atoms. The molecule has 43 heavy (non-hydrogen) atoms. The zero-order chi connectivity index (χ0) is 32.1. The molecule has 1 aromatic rings. The summed E-state index contributed by atoms with van der Waals surface area (Å²) in [6, 6.07) is 0. The minimum absolute atomic E-state index is 0.0138. The lowest BCUT2D eigenvalue weighted by atomic mass is 9.98. The number of ketones is 1. The van der Waals surface area contributed by atoms with Crippen LogP contribution in [0.25, 0.3) is 0 Å². The molecule has 0 saturated heterocycles. The molecule has 2 atom stereocenters. The van der Waals surface area contributed by atoms with Gasteiger partial charge >= 0.3 is 5.97 Å². The molecular formula is C33H61N3O7. The number of aliphatic hydroxyl groups is 1. The van der Waals surface area contributed by atoms with Gasteiger partial charge in [-0.25, -0.2) is 4.68 Å². The van der Waals surface area contributed by atoms with Crippen LogP contribution in [0.5, 0.6) is 0 Å². The first-order chi connectivity index (χ1) is 20.4. The van der Waals surface area contributed by atoms with Crippen molar-refractivity contribution in [3.63, 3.8) is 0 Å². The molecule has 0 aliphatic heterocycles. The third kappa shape index (κ3) is 18.5. The van der Waals surface area contributed by atoms with Crippen LogP contribution in [0.1, 0.15) is 137 Å². The van der Waals surface area contributed by atoms with Crippen LogP contribution in [0, 0.1) is 0 Å². The number of aliphatic hydroxyl groups excluding tert-OH is 1. The topological polar surface area (TPSA) is 122 Å². The molecule has 1 aromatic heterocycles. The molecular weight excluding hydrogens is 550 g/mol. The van der Waals surface area contributed by atoms with Crippen molar-refractivity contribution < 1.29 is 33.6 Å². The van der Waals surface area contributed by atoms with Crippen molar-refractivity contribution >= 4 is 11.8 Å². The van der Waals surface area contributed by atoms with Crippen LogP contribution in [0.15, 0.2) is 6.20 Å². The van der Waals surface area contributed by atoms with E-state index in [4.69, 9.17) is 18.9 Å². The largest absolute Gasteiger partial charge is 0.458 e. The van der Waals surface area contributed by atoms with Crippen molar-refractivity contribution in [2.24, 2.45) is 0 Å². The van der Waals surface area contributed by atoms with Crippen LogP contribution < -0.4 is 0 Å². The molecule has 2 unspecified atom stereocenters. The smallest absolute Gasteiger partial charge is 0.306 e. The number of Topliss-reactive ketones (excluding diaryl/α,β-unsaturated/α-hetero) is 1. The van der Waals surface area contributed by atoms with Gasteiger partial charge in [0, 0.05) is 32.6 Å². The van der Waals surface area contributed by atoms with Gasteiger partial charge < -0.3 is 24.1 Å². The summed E-state index contributed by atoms with van der Waals surface area (Å²) >= 11 is 0. The molecule has 0 saturated carbocycles.